The fourth-order valence-electron chi connectivity index (χ4n) is 2.80. The predicted molar refractivity (Wildman–Crippen MR) is 84.2 cm³/mol. The molecular weight excluding hydrogens is 265 g/mol. The topological polar surface area (TPSA) is 14.2 Å². The van der Waals surface area contributed by atoms with Crippen LogP contribution in [0.15, 0.2) is 42.6 Å². The number of aromatic nitrogens is 1. The summed E-state index contributed by atoms with van der Waals surface area (Å²) in [4.78, 5) is 0. The van der Waals surface area contributed by atoms with Crippen molar-refractivity contribution in [1.82, 2.24) is 4.57 Å². The molecule has 21 heavy (non-hydrogen) atoms. The number of halogens is 1. The number of benzene rings is 2. The molecule has 0 aliphatic carbocycles. The number of aryl methyl sites for hydroxylation is 2. The minimum absolute atomic E-state index is 0.144. The van der Waals surface area contributed by atoms with Gasteiger partial charge in [-0.3, -0.25) is 0 Å². The van der Waals surface area contributed by atoms with Gasteiger partial charge in [0.05, 0.1) is 12.6 Å². The number of hydrogen-bond acceptors (Lipinski definition) is 1. The van der Waals surface area contributed by atoms with Gasteiger partial charge >= 0.3 is 0 Å². The Labute approximate surface area is 123 Å². The highest BCUT2D eigenvalue weighted by Crippen LogP contribution is 2.35. The van der Waals surface area contributed by atoms with Crippen LogP contribution in [0.3, 0.4) is 0 Å². The highest BCUT2D eigenvalue weighted by atomic mass is 19.1. The summed E-state index contributed by atoms with van der Waals surface area (Å²) in [6.07, 6.45) is 2.70. The lowest BCUT2D eigenvalue weighted by Gasteiger charge is -2.10. The number of ether oxygens (including phenoxy) is 1. The summed E-state index contributed by atoms with van der Waals surface area (Å²) < 4.78 is 21.5. The Morgan fingerprint density at radius 3 is 2.62 bits per heavy atom. The lowest BCUT2D eigenvalue weighted by Crippen LogP contribution is -1.92. The molecule has 0 aliphatic rings. The lowest BCUT2D eigenvalue weighted by molar-refractivity contribution is 0.418. The van der Waals surface area contributed by atoms with Gasteiger partial charge in [-0.2, -0.15) is 0 Å². The Morgan fingerprint density at radius 2 is 1.95 bits per heavy atom. The molecule has 108 valence electrons. The van der Waals surface area contributed by atoms with Gasteiger partial charge in [0.1, 0.15) is 11.6 Å². The van der Waals surface area contributed by atoms with Crippen LogP contribution in [0.25, 0.3) is 22.0 Å². The standard InChI is InChI=1S/C18H18FNO/c1-4-12-5-6-13(11-16(12)19)14-7-8-17(21-3)18-15(14)9-10-20(18)2/h5-11H,4H2,1-3H3. The molecule has 0 amide bonds. The smallest absolute Gasteiger partial charge is 0.143 e. The third-order valence-corrected chi connectivity index (χ3v) is 3.96. The first-order valence-corrected chi connectivity index (χ1v) is 7.06. The van der Waals surface area contributed by atoms with E-state index >= 15 is 0 Å². The Bertz CT molecular complexity index is 804. The molecule has 0 atom stereocenters. The van der Waals surface area contributed by atoms with Gasteiger partial charge in [-0.15, -0.1) is 0 Å². The molecule has 0 aliphatic heterocycles. The highest BCUT2D eigenvalue weighted by Gasteiger charge is 2.12. The number of hydrogen-bond donors (Lipinski definition) is 0. The summed E-state index contributed by atoms with van der Waals surface area (Å²) in [6, 6.07) is 11.4. The molecule has 3 heteroatoms. The van der Waals surface area contributed by atoms with E-state index in [1.807, 2.05) is 55.1 Å². The second-order valence-electron chi connectivity index (χ2n) is 5.16. The van der Waals surface area contributed by atoms with E-state index in [9.17, 15) is 4.39 Å². The van der Waals surface area contributed by atoms with Crippen LogP contribution in [0.1, 0.15) is 12.5 Å². The molecule has 0 radical (unpaired) electrons. The zero-order valence-electron chi connectivity index (χ0n) is 12.5. The third kappa shape index (κ3) is 2.19. The summed E-state index contributed by atoms with van der Waals surface area (Å²) in [5, 5.41) is 1.07. The molecule has 0 bridgehead atoms. The minimum Gasteiger partial charge on any atom is -0.495 e. The van der Waals surface area contributed by atoms with E-state index in [-0.39, 0.29) is 5.82 Å². The van der Waals surface area contributed by atoms with Gasteiger partial charge in [0.25, 0.3) is 0 Å². The van der Waals surface area contributed by atoms with Crippen molar-refractivity contribution in [3.63, 3.8) is 0 Å². The Kier molecular flexibility index (Phi) is 3.42. The zero-order valence-corrected chi connectivity index (χ0v) is 12.5. The van der Waals surface area contributed by atoms with E-state index in [0.29, 0.717) is 6.42 Å². The van der Waals surface area contributed by atoms with Crippen LogP contribution in [-0.2, 0) is 13.5 Å². The first kappa shape index (κ1) is 13.7. The van der Waals surface area contributed by atoms with Crippen molar-refractivity contribution in [3.8, 4) is 16.9 Å². The van der Waals surface area contributed by atoms with Crippen molar-refractivity contribution in [3.05, 3.63) is 54.0 Å². The first-order valence-electron chi connectivity index (χ1n) is 7.06. The van der Waals surface area contributed by atoms with Crippen LogP contribution < -0.4 is 4.74 Å². The lowest BCUT2D eigenvalue weighted by atomic mass is 9.99. The molecule has 1 heterocycles. The largest absolute Gasteiger partial charge is 0.495 e. The maximum atomic E-state index is 14.1. The van der Waals surface area contributed by atoms with Crippen molar-refractivity contribution in [2.24, 2.45) is 7.05 Å². The molecule has 2 nitrogen and oxygen atoms in total. The van der Waals surface area contributed by atoms with E-state index in [4.69, 9.17) is 4.74 Å². The van der Waals surface area contributed by atoms with Crippen LogP contribution in [0.2, 0.25) is 0 Å². The fourth-order valence-corrected chi connectivity index (χ4v) is 2.80. The summed E-state index contributed by atoms with van der Waals surface area (Å²) >= 11 is 0. The zero-order chi connectivity index (χ0) is 15.0. The highest BCUT2D eigenvalue weighted by molar-refractivity contribution is 5.98. The molecule has 1 aromatic heterocycles. The van der Waals surface area contributed by atoms with Crippen molar-refractivity contribution >= 4 is 10.9 Å². The summed E-state index contributed by atoms with van der Waals surface area (Å²) in [5.74, 6) is 0.682. The Balaban J connectivity index is 2.24. The molecule has 0 spiro atoms. The number of nitrogens with zero attached hydrogens (tertiary/aromatic N) is 1. The molecule has 2 aromatic carbocycles. The van der Waals surface area contributed by atoms with Gasteiger partial charge in [-0.1, -0.05) is 19.1 Å². The maximum Gasteiger partial charge on any atom is 0.143 e. The van der Waals surface area contributed by atoms with Gasteiger partial charge in [0.2, 0.25) is 0 Å². The third-order valence-electron chi connectivity index (χ3n) is 3.96. The van der Waals surface area contributed by atoms with Crippen LogP contribution in [-0.4, -0.2) is 11.7 Å². The molecule has 0 fully saturated rings. The average molecular weight is 283 g/mol. The van der Waals surface area contributed by atoms with Crippen molar-refractivity contribution < 1.29 is 9.13 Å². The average Bonchev–Trinajstić information content (AvgIpc) is 2.89. The normalized spacial score (nSPS) is 11.0. The molecule has 0 unspecified atom stereocenters. The SMILES string of the molecule is CCc1ccc(-c2ccc(OC)c3c2ccn3C)cc1F. The van der Waals surface area contributed by atoms with Gasteiger partial charge < -0.3 is 9.30 Å². The molecule has 3 aromatic rings. The van der Waals surface area contributed by atoms with E-state index in [1.54, 1.807) is 13.2 Å². The van der Waals surface area contributed by atoms with E-state index in [2.05, 4.69) is 0 Å². The van der Waals surface area contributed by atoms with E-state index in [0.717, 1.165) is 33.3 Å². The number of fused-ring (bicyclic) bond motifs is 1. The Hall–Kier alpha value is -2.29. The number of rotatable bonds is 3. The van der Waals surface area contributed by atoms with E-state index < -0.39 is 0 Å². The second kappa shape index (κ2) is 5.24. The molecule has 0 saturated heterocycles. The molecular formula is C18H18FNO. The van der Waals surface area contributed by atoms with Crippen molar-refractivity contribution in [2.75, 3.05) is 7.11 Å². The minimum atomic E-state index is -0.144. The summed E-state index contributed by atoms with van der Waals surface area (Å²) in [5.41, 5.74) is 3.68. The molecule has 0 saturated carbocycles. The van der Waals surface area contributed by atoms with E-state index in [1.165, 1.54) is 0 Å². The van der Waals surface area contributed by atoms with Gasteiger partial charge in [-0.05, 0) is 47.4 Å². The van der Waals surface area contributed by atoms with Crippen LogP contribution in [0, 0.1) is 5.82 Å². The van der Waals surface area contributed by atoms with Crippen LogP contribution in [0.5, 0.6) is 5.75 Å². The van der Waals surface area contributed by atoms with Crippen molar-refractivity contribution in [1.29, 1.82) is 0 Å². The van der Waals surface area contributed by atoms with Gasteiger partial charge in [-0.25, -0.2) is 4.39 Å². The summed E-state index contributed by atoms with van der Waals surface area (Å²) in [7, 11) is 3.65. The maximum absolute atomic E-state index is 14.1. The second-order valence-corrected chi connectivity index (χ2v) is 5.16. The first-order chi connectivity index (χ1) is 10.2. The quantitative estimate of drug-likeness (QED) is 0.687. The predicted octanol–water partition coefficient (Wildman–Crippen LogP) is 4.56. The van der Waals surface area contributed by atoms with Crippen molar-refractivity contribution in [2.45, 2.75) is 13.3 Å². The van der Waals surface area contributed by atoms with Crippen LogP contribution >= 0.6 is 0 Å². The van der Waals surface area contributed by atoms with Crippen LogP contribution in [0.4, 0.5) is 4.39 Å². The summed E-state index contributed by atoms with van der Waals surface area (Å²) in [6.45, 7) is 1.96. The number of methoxy groups -OCH3 is 1. The molecule has 3 rings (SSSR count). The fraction of sp³-hybridized carbons (Fsp3) is 0.222. The van der Waals surface area contributed by atoms with Gasteiger partial charge in [0.15, 0.2) is 0 Å². The molecule has 0 N–H and O–H groups in total. The Morgan fingerprint density at radius 1 is 1.14 bits per heavy atom. The monoisotopic (exact) mass is 283 g/mol. The van der Waals surface area contributed by atoms with Gasteiger partial charge in [0, 0.05) is 18.6 Å².